The van der Waals surface area contributed by atoms with Crippen LogP contribution in [-0.2, 0) is 16.1 Å². The van der Waals surface area contributed by atoms with Gasteiger partial charge in [-0.2, -0.15) is 0 Å². The van der Waals surface area contributed by atoms with Crippen molar-refractivity contribution >= 4 is 5.97 Å². The minimum absolute atomic E-state index is 0.00535. The molecule has 1 aliphatic carbocycles. The fourth-order valence-corrected chi connectivity index (χ4v) is 3.35. The number of nitrogens with one attached hydrogen (secondary N) is 1. The summed E-state index contributed by atoms with van der Waals surface area (Å²) in [6.07, 6.45) is 3.57. The van der Waals surface area contributed by atoms with E-state index in [2.05, 4.69) is 34.5 Å². The average Bonchev–Trinajstić information content (AvgIpc) is 3.37. The van der Waals surface area contributed by atoms with Crippen LogP contribution < -0.4 is 5.32 Å². The van der Waals surface area contributed by atoms with Crippen molar-refractivity contribution < 1.29 is 9.53 Å². The summed E-state index contributed by atoms with van der Waals surface area (Å²) in [5, 5.41) is 3.62. The zero-order chi connectivity index (χ0) is 15.4. The SMILES string of the molecule is COC(=O)C1CC(NCc2ccccc2)CN(CC2CC2)C1. The molecule has 2 unspecified atom stereocenters. The van der Waals surface area contributed by atoms with E-state index in [0.29, 0.717) is 6.04 Å². The van der Waals surface area contributed by atoms with Gasteiger partial charge >= 0.3 is 5.97 Å². The number of hydrogen-bond donors (Lipinski definition) is 1. The summed E-state index contributed by atoms with van der Waals surface area (Å²) in [4.78, 5) is 14.4. The Labute approximate surface area is 132 Å². The second-order valence-corrected chi connectivity index (χ2v) is 6.68. The van der Waals surface area contributed by atoms with Gasteiger partial charge in [-0.05, 0) is 30.7 Å². The van der Waals surface area contributed by atoms with E-state index in [-0.39, 0.29) is 11.9 Å². The fraction of sp³-hybridized carbons (Fsp3) is 0.611. The van der Waals surface area contributed by atoms with Gasteiger partial charge in [-0.1, -0.05) is 30.3 Å². The molecule has 3 rings (SSSR count). The number of likely N-dealkylation sites (tertiary alicyclic amines) is 1. The van der Waals surface area contributed by atoms with Crippen molar-refractivity contribution in [3.05, 3.63) is 35.9 Å². The van der Waals surface area contributed by atoms with E-state index in [1.807, 2.05) is 6.07 Å². The van der Waals surface area contributed by atoms with Crippen molar-refractivity contribution in [1.29, 1.82) is 0 Å². The van der Waals surface area contributed by atoms with Crippen LogP contribution in [0.3, 0.4) is 0 Å². The maximum atomic E-state index is 12.0. The fourth-order valence-electron chi connectivity index (χ4n) is 3.35. The van der Waals surface area contributed by atoms with Crippen molar-refractivity contribution in [2.45, 2.75) is 31.8 Å². The lowest BCUT2D eigenvalue weighted by atomic mass is 9.93. The maximum Gasteiger partial charge on any atom is 0.310 e. The van der Waals surface area contributed by atoms with Gasteiger partial charge in [-0.3, -0.25) is 4.79 Å². The normalized spacial score (nSPS) is 25.9. The number of hydrogen-bond acceptors (Lipinski definition) is 4. The van der Waals surface area contributed by atoms with Gasteiger partial charge in [0.1, 0.15) is 0 Å². The molecule has 2 atom stereocenters. The molecule has 0 aromatic heterocycles. The molecular weight excluding hydrogens is 276 g/mol. The third kappa shape index (κ3) is 4.31. The summed E-state index contributed by atoms with van der Waals surface area (Å²) in [6.45, 7) is 3.89. The highest BCUT2D eigenvalue weighted by Gasteiger charge is 2.34. The number of methoxy groups -OCH3 is 1. The number of benzene rings is 1. The van der Waals surface area contributed by atoms with E-state index in [1.165, 1.54) is 25.5 Å². The minimum atomic E-state index is -0.0630. The van der Waals surface area contributed by atoms with E-state index >= 15 is 0 Å². The topological polar surface area (TPSA) is 41.6 Å². The molecule has 1 saturated heterocycles. The third-order valence-electron chi connectivity index (χ3n) is 4.71. The predicted octanol–water partition coefficient (Wildman–Crippen LogP) is 2.05. The summed E-state index contributed by atoms with van der Waals surface area (Å²) >= 11 is 0. The third-order valence-corrected chi connectivity index (χ3v) is 4.71. The van der Waals surface area contributed by atoms with Crippen LogP contribution in [-0.4, -0.2) is 43.7 Å². The first-order valence-corrected chi connectivity index (χ1v) is 8.32. The van der Waals surface area contributed by atoms with E-state index in [0.717, 1.165) is 38.5 Å². The standard InChI is InChI=1S/C18H26N2O2/c1-22-18(21)16-9-17(13-20(12-16)11-15-7-8-15)19-10-14-5-3-2-4-6-14/h2-6,15-17,19H,7-13H2,1H3. The molecular formula is C18H26N2O2. The van der Waals surface area contributed by atoms with E-state index in [9.17, 15) is 4.79 Å². The molecule has 120 valence electrons. The average molecular weight is 302 g/mol. The smallest absolute Gasteiger partial charge is 0.310 e. The molecule has 0 bridgehead atoms. The Kier molecular flexibility index (Phi) is 5.11. The molecule has 1 N–H and O–H groups in total. The Morgan fingerprint density at radius 2 is 2.05 bits per heavy atom. The molecule has 2 fully saturated rings. The summed E-state index contributed by atoms with van der Waals surface area (Å²) in [7, 11) is 1.49. The summed E-state index contributed by atoms with van der Waals surface area (Å²) in [6, 6.07) is 10.8. The number of carbonyl (C=O) groups is 1. The monoisotopic (exact) mass is 302 g/mol. The molecule has 1 aliphatic heterocycles. The van der Waals surface area contributed by atoms with Crippen molar-refractivity contribution in [2.75, 3.05) is 26.7 Å². The predicted molar refractivity (Wildman–Crippen MR) is 86.4 cm³/mol. The minimum Gasteiger partial charge on any atom is -0.469 e. The van der Waals surface area contributed by atoms with E-state index in [1.54, 1.807) is 0 Å². The van der Waals surface area contributed by atoms with Crippen molar-refractivity contribution in [1.82, 2.24) is 10.2 Å². The van der Waals surface area contributed by atoms with Crippen LogP contribution in [0.1, 0.15) is 24.8 Å². The first-order valence-electron chi connectivity index (χ1n) is 8.32. The lowest BCUT2D eigenvalue weighted by molar-refractivity contribution is -0.147. The van der Waals surface area contributed by atoms with Crippen LogP contribution >= 0.6 is 0 Å². The van der Waals surface area contributed by atoms with Crippen molar-refractivity contribution in [3.8, 4) is 0 Å². The summed E-state index contributed by atoms with van der Waals surface area (Å²) < 4.78 is 4.98. The van der Waals surface area contributed by atoms with Crippen LogP contribution in [0.4, 0.5) is 0 Å². The molecule has 4 nitrogen and oxygen atoms in total. The molecule has 1 heterocycles. The van der Waals surface area contributed by atoms with Crippen LogP contribution in [0.5, 0.6) is 0 Å². The van der Waals surface area contributed by atoms with Crippen LogP contribution in [0.25, 0.3) is 0 Å². The van der Waals surface area contributed by atoms with Gasteiger partial charge in [0.25, 0.3) is 0 Å². The lowest BCUT2D eigenvalue weighted by Gasteiger charge is -2.37. The van der Waals surface area contributed by atoms with Crippen molar-refractivity contribution in [3.63, 3.8) is 0 Å². The van der Waals surface area contributed by atoms with Gasteiger partial charge in [0.05, 0.1) is 13.0 Å². The number of rotatable bonds is 6. The second kappa shape index (κ2) is 7.25. The zero-order valence-corrected chi connectivity index (χ0v) is 13.3. The van der Waals surface area contributed by atoms with Gasteiger partial charge in [-0.15, -0.1) is 0 Å². The van der Waals surface area contributed by atoms with Gasteiger partial charge < -0.3 is 15.0 Å². The van der Waals surface area contributed by atoms with E-state index < -0.39 is 0 Å². The molecule has 1 aromatic carbocycles. The van der Waals surface area contributed by atoms with Gasteiger partial charge in [-0.25, -0.2) is 0 Å². The van der Waals surface area contributed by atoms with E-state index in [4.69, 9.17) is 4.74 Å². The molecule has 1 aromatic rings. The number of esters is 1. The largest absolute Gasteiger partial charge is 0.469 e. The first kappa shape index (κ1) is 15.5. The van der Waals surface area contributed by atoms with Crippen LogP contribution in [0.2, 0.25) is 0 Å². The number of piperidine rings is 1. The highest BCUT2D eigenvalue weighted by molar-refractivity contribution is 5.72. The Morgan fingerprint density at radius 3 is 2.73 bits per heavy atom. The Bertz CT molecular complexity index is 487. The molecule has 2 aliphatic rings. The van der Waals surface area contributed by atoms with Gasteiger partial charge in [0.2, 0.25) is 0 Å². The molecule has 0 spiro atoms. The Morgan fingerprint density at radius 1 is 1.27 bits per heavy atom. The zero-order valence-electron chi connectivity index (χ0n) is 13.3. The van der Waals surface area contributed by atoms with Gasteiger partial charge in [0, 0.05) is 32.2 Å². The maximum absolute atomic E-state index is 12.0. The highest BCUT2D eigenvalue weighted by Crippen LogP contribution is 2.31. The molecule has 0 radical (unpaired) electrons. The number of ether oxygens (including phenoxy) is 1. The Hall–Kier alpha value is -1.39. The number of nitrogens with zero attached hydrogens (tertiary/aromatic N) is 1. The second-order valence-electron chi connectivity index (χ2n) is 6.68. The molecule has 1 saturated carbocycles. The highest BCUT2D eigenvalue weighted by atomic mass is 16.5. The quantitative estimate of drug-likeness (QED) is 0.817. The lowest BCUT2D eigenvalue weighted by Crippen LogP contribution is -2.51. The van der Waals surface area contributed by atoms with Crippen molar-refractivity contribution in [2.24, 2.45) is 11.8 Å². The molecule has 4 heteroatoms. The van der Waals surface area contributed by atoms with Crippen LogP contribution in [0.15, 0.2) is 30.3 Å². The first-order chi connectivity index (χ1) is 10.7. The molecule has 0 amide bonds. The van der Waals surface area contributed by atoms with Gasteiger partial charge in [0.15, 0.2) is 0 Å². The summed E-state index contributed by atoms with van der Waals surface area (Å²) in [5.41, 5.74) is 1.29. The number of carbonyl (C=O) groups excluding carboxylic acids is 1. The molecule has 22 heavy (non-hydrogen) atoms. The van der Waals surface area contributed by atoms with Crippen LogP contribution in [0, 0.1) is 11.8 Å². The Balaban J connectivity index is 1.57. The summed E-state index contributed by atoms with van der Waals surface area (Å²) in [5.74, 6) is 0.795.